The largest absolute Gasteiger partial charge is 0.313 e. The molecule has 78 valence electrons. The van der Waals surface area contributed by atoms with Crippen LogP contribution in [0.2, 0.25) is 0 Å². The van der Waals surface area contributed by atoms with Gasteiger partial charge in [0.2, 0.25) is 0 Å². The molecule has 1 aliphatic heterocycles. The van der Waals surface area contributed by atoms with Crippen LogP contribution in [0.3, 0.4) is 0 Å². The van der Waals surface area contributed by atoms with E-state index in [4.69, 9.17) is 0 Å². The van der Waals surface area contributed by atoms with E-state index < -0.39 is 0 Å². The summed E-state index contributed by atoms with van der Waals surface area (Å²) in [6.07, 6.45) is 3.31. The number of rotatable bonds is 1. The average Bonchev–Trinajstić information content (AvgIpc) is 2.87. The Morgan fingerprint density at radius 2 is 2.13 bits per heavy atom. The third-order valence-corrected chi connectivity index (χ3v) is 3.64. The normalized spacial score (nSPS) is 29.5. The minimum atomic E-state index is 0.199. The van der Waals surface area contributed by atoms with Gasteiger partial charge in [0.15, 0.2) is 5.78 Å². The molecule has 1 saturated heterocycles. The lowest BCUT2D eigenvalue weighted by Crippen LogP contribution is -2.33. The quantitative estimate of drug-likeness (QED) is 0.750. The van der Waals surface area contributed by atoms with Crippen LogP contribution in [0.25, 0.3) is 0 Å². The van der Waals surface area contributed by atoms with Crippen LogP contribution >= 0.6 is 0 Å². The first-order valence-electron chi connectivity index (χ1n) is 5.72. The monoisotopic (exact) mass is 201 g/mol. The van der Waals surface area contributed by atoms with Gasteiger partial charge in [0.25, 0.3) is 0 Å². The van der Waals surface area contributed by atoms with E-state index in [2.05, 4.69) is 11.4 Å². The lowest BCUT2D eigenvalue weighted by Gasteiger charge is -2.16. The van der Waals surface area contributed by atoms with E-state index in [0.29, 0.717) is 11.8 Å². The van der Waals surface area contributed by atoms with Crippen molar-refractivity contribution < 1.29 is 4.79 Å². The fourth-order valence-electron chi connectivity index (χ4n) is 2.85. The highest BCUT2D eigenvalue weighted by Gasteiger charge is 2.36. The van der Waals surface area contributed by atoms with Crippen LogP contribution in [0, 0.1) is 5.92 Å². The zero-order valence-corrected chi connectivity index (χ0v) is 8.70. The van der Waals surface area contributed by atoms with Gasteiger partial charge in [-0.1, -0.05) is 24.3 Å². The maximum absolute atomic E-state index is 12.1. The molecule has 1 aromatic rings. The Hall–Kier alpha value is -1.15. The van der Waals surface area contributed by atoms with Gasteiger partial charge >= 0.3 is 0 Å². The van der Waals surface area contributed by atoms with Gasteiger partial charge in [-0.05, 0) is 31.4 Å². The molecule has 2 nitrogen and oxygen atoms in total. The number of hydrogen-bond acceptors (Lipinski definition) is 2. The average molecular weight is 201 g/mol. The van der Waals surface area contributed by atoms with Gasteiger partial charge in [0.1, 0.15) is 0 Å². The van der Waals surface area contributed by atoms with E-state index in [1.54, 1.807) is 0 Å². The molecule has 0 saturated carbocycles. The van der Waals surface area contributed by atoms with Crippen LogP contribution < -0.4 is 5.32 Å². The molecular formula is C13H15NO. The molecule has 1 aliphatic carbocycles. The van der Waals surface area contributed by atoms with Crippen LogP contribution in [0.15, 0.2) is 24.3 Å². The van der Waals surface area contributed by atoms with Crippen LogP contribution in [0.5, 0.6) is 0 Å². The van der Waals surface area contributed by atoms with Crippen LogP contribution in [0.1, 0.15) is 28.8 Å². The minimum Gasteiger partial charge on any atom is -0.313 e. The van der Waals surface area contributed by atoms with E-state index in [1.165, 1.54) is 12.0 Å². The molecule has 0 radical (unpaired) electrons. The topological polar surface area (TPSA) is 29.1 Å². The zero-order chi connectivity index (χ0) is 10.3. The highest BCUT2D eigenvalue weighted by Crippen LogP contribution is 2.31. The van der Waals surface area contributed by atoms with E-state index in [1.807, 2.05) is 18.2 Å². The standard InChI is InChI=1S/C13H15NO/c15-13-10-5-2-1-4-9(10)8-11(13)12-6-3-7-14-12/h1-2,4-5,11-12,14H,3,6-8H2/t11-,12+/m1/s1. The lowest BCUT2D eigenvalue weighted by atomic mass is 9.94. The fraction of sp³-hybridized carbons (Fsp3) is 0.462. The second-order valence-corrected chi connectivity index (χ2v) is 4.53. The molecule has 1 aromatic carbocycles. The van der Waals surface area contributed by atoms with Gasteiger partial charge in [0, 0.05) is 17.5 Å². The van der Waals surface area contributed by atoms with Crippen molar-refractivity contribution >= 4 is 5.78 Å². The van der Waals surface area contributed by atoms with Crippen molar-refractivity contribution in [3.05, 3.63) is 35.4 Å². The molecule has 1 N–H and O–H groups in total. The summed E-state index contributed by atoms with van der Waals surface area (Å²) >= 11 is 0. The molecule has 2 atom stereocenters. The number of ketones is 1. The van der Waals surface area contributed by atoms with Crippen molar-refractivity contribution in [3.8, 4) is 0 Å². The molecule has 3 rings (SSSR count). The maximum Gasteiger partial charge on any atom is 0.168 e. The van der Waals surface area contributed by atoms with Crippen molar-refractivity contribution in [1.82, 2.24) is 5.32 Å². The van der Waals surface area contributed by atoms with Gasteiger partial charge in [-0.3, -0.25) is 4.79 Å². The van der Waals surface area contributed by atoms with Crippen LogP contribution in [-0.4, -0.2) is 18.4 Å². The molecule has 0 spiro atoms. The molecule has 2 heteroatoms. The maximum atomic E-state index is 12.1. The van der Waals surface area contributed by atoms with Crippen molar-refractivity contribution in [1.29, 1.82) is 0 Å². The van der Waals surface area contributed by atoms with Crippen molar-refractivity contribution in [3.63, 3.8) is 0 Å². The summed E-state index contributed by atoms with van der Waals surface area (Å²) in [5, 5.41) is 3.44. The summed E-state index contributed by atoms with van der Waals surface area (Å²) in [6, 6.07) is 8.46. The molecule has 0 bridgehead atoms. The predicted molar refractivity (Wildman–Crippen MR) is 59.0 cm³/mol. The van der Waals surface area contributed by atoms with Crippen LogP contribution in [0.4, 0.5) is 0 Å². The summed E-state index contributed by atoms with van der Waals surface area (Å²) in [5.74, 6) is 0.551. The summed E-state index contributed by atoms with van der Waals surface area (Å²) in [7, 11) is 0. The van der Waals surface area contributed by atoms with E-state index in [9.17, 15) is 4.79 Å². The second kappa shape index (κ2) is 3.46. The minimum absolute atomic E-state index is 0.199. The Morgan fingerprint density at radius 3 is 2.87 bits per heavy atom. The number of Topliss-reactive ketones (excluding diaryl/α,β-unsaturated/α-hetero) is 1. The fourth-order valence-corrected chi connectivity index (χ4v) is 2.85. The Bertz CT molecular complexity index is 393. The van der Waals surface area contributed by atoms with E-state index >= 15 is 0 Å². The summed E-state index contributed by atoms with van der Waals surface area (Å²) in [6.45, 7) is 1.07. The number of fused-ring (bicyclic) bond motifs is 1. The van der Waals surface area contributed by atoms with E-state index in [0.717, 1.165) is 24.9 Å². The SMILES string of the molecule is O=C1c2ccccc2C[C@@H]1[C@@H]1CCCN1. The number of carbonyl (C=O) groups excluding carboxylic acids is 1. The lowest BCUT2D eigenvalue weighted by molar-refractivity contribution is 0.0914. The molecule has 1 heterocycles. The van der Waals surface area contributed by atoms with Gasteiger partial charge in [0.05, 0.1) is 0 Å². The first kappa shape index (κ1) is 9.10. The Morgan fingerprint density at radius 1 is 1.27 bits per heavy atom. The Labute approximate surface area is 89.7 Å². The van der Waals surface area contributed by atoms with Gasteiger partial charge in [-0.2, -0.15) is 0 Å². The Balaban J connectivity index is 1.89. The highest BCUT2D eigenvalue weighted by atomic mass is 16.1. The first-order chi connectivity index (χ1) is 7.36. The van der Waals surface area contributed by atoms with Gasteiger partial charge in [-0.25, -0.2) is 0 Å². The predicted octanol–water partition coefficient (Wildman–Crippen LogP) is 1.79. The van der Waals surface area contributed by atoms with Crippen molar-refractivity contribution in [2.45, 2.75) is 25.3 Å². The molecule has 0 amide bonds. The van der Waals surface area contributed by atoms with Crippen molar-refractivity contribution in [2.75, 3.05) is 6.54 Å². The summed E-state index contributed by atoms with van der Waals surface area (Å²) in [4.78, 5) is 12.1. The number of nitrogens with one attached hydrogen (secondary N) is 1. The molecule has 0 unspecified atom stereocenters. The van der Waals surface area contributed by atoms with Crippen LogP contribution in [-0.2, 0) is 6.42 Å². The van der Waals surface area contributed by atoms with Gasteiger partial charge < -0.3 is 5.32 Å². The zero-order valence-electron chi connectivity index (χ0n) is 8.70. The third-order valence-electron chi connectivity index (χ3n) is 3.64. The van der Waals surface area contributed by atoms with Gasteiger partial charge in [-0.15, -0.1) is 0 Å². The number of carbonyl (C=O) groups is 1. The number of benzene rings is 1. The molecule has 0 aromatic heterocycles. The number of hydrogen-bond donors (Lipinski definition) is 1. The summed E-state index contributed by atoms with van der Waals surface area (Å²) < 4.78 is 0. The molecular weight excluding hydrogens is 186 g/mol. The smallest absolute Gasteiger partial charge is 0.168 e. The third kappa shape index (κ3) is 1.40. The van der Waals surface area contributed by atoms with Crippen molar-refractivity contribution in [2.24, 2.45) is 5.92 Å². The Kier molecular flexibility index (Phi) is 2.10. The summed E-state index contributed by atoms with van der Waals surface area (Å²) in [5.41, 5.74) is 2.19. The van der Waals surface area contributed by atoms with E-state index in [-0.39, 0.29) is 5.92 Å². The second-order valence-electron chi connectivity index (χ2n) is 4.53. The molecule has 2 aliphatic rings. The molecule has 1 fully saturated rings. The highest BCUT2D eigenvalue weighted by molar-refractivity contribution is 6.02. The first-order valence-corrected chi connectivity index (χ1v) is 5.72. The molecule has 15 heavy (non-hydrogen) atoms.